The monoisotopic (exact) mass is 372 g/mol. The summed E-state index contributed by atoms with van der Waals surface area (Å²) in [6.45, 7) is 5.51. The number of rotatable bonds is 5. The average molecular weight is 373 g/mol. The van der Waals surface area contributed by atoms with Crippen molar-refractivity contribution in [2.75, 3.05) is 0 Å². The Morgan fingerprint density at radius 3 is 2.54 bits per heavy atom. The predicted octanol–water partition coefficient (Wildman–Crippen LogP) is 3.58. The third-order valence-corrected chi connectivity index (χ3v) is 4.20. The van der Waals surface area contributed by atoms with Crippen molar-refractivity contribution in [3.63, 3.8) is 0 Å². The zero-order chi connectivity index (χ0) is 19.1. The van der Waals surface area contributed by atoms with Gasteiger partial charge in [0, 0.05) is 11.1 Å². The Balaban J connectivity index is 1.86. The summed E-state index contributed by atoms with van der Waals surface area (Å²) < 4.78 is 5.67. The molecule has 0 saturated carbocycles. The van der Waals surface area contributed by atoms with Gasteiger partial charge in [-0.15, -0.1) is 0 Å². The van der Waals surface area contributed by atoms with Crippen molar-refractivity contribution in [3.05, 3.63) is 70.3 Å². The minimum Gasteiger partial charge on any atom is -0.481 e. The Hall–Kier alpha value is -2.79. The van der Waals surface area contributed by atoms with Crippen LogP contribution in [0, 0.1) is 13.8 Å². The van der Waals surface area contributed by atoms with E-state index in [0.717, 1.165) is 11.1 Å². The minimum atomic E-state index is -0.761. The number of benzene rings is 2. The third kappa shape index (κ3) is 5.36. The van der Waals surface area contributed by atoms with Gasteiger partial charge in [-0.25, -0.2) is 0 Å². The molecular weight excluding hydrogens is 352 g/mol. The van der Waals surface area contributed by atoms with Gasteiger partial charge in [-0.2, -0.15) is 0 Å². The van der Waals surface area contributed by atoms with Gasteiger partial charge >= 0.3 is 0 Å². The van der Waals surface area contributed by atoms with E-state index in [1.54, 1.807) is 37.3 Å². The molecule has 1 unspecified atom stereocenters. The lowest BCUT2D eigenvalue weighted by atomic mass is 10.1. The van der Waals surface area contributed by atoms with E-state index in [-0.39, 0.29) is 0 Å². The van der Waals surface area contributed by atoms with Gasteiger partial charge in [-0.05, 0) is 55.7 Å². The molecule has 136 valence electrons. The van der Waals surface area contributed by atoms with Crippen LogP contribution < -0.4 is 15.6 Å². The molecule has 0 heterocycles. The quantitative estimate of drug-likeness (QED) is 0.622. The van der Waals surface area contributed by atoms with Crippen LogP contribution in [0.1, 0.15) is 23.6 Å². The van der Waals surface area contributed by atoms with E-state index in [1.165, 1.54) is 6.08 Å². The minimum absolute atomic E-state index is 0.453. The van der Waals surface area contributed by atoms with Crippen LogP contribution in [0.15, 0.2) is 48.5 Å². The van der Waals surface area contributed by atoms with E-state index < -0.39 is 17.9 Å². The molecule has 2 amide bonds. The Kier molecular flexibility index (Phi) is 6.81. The molecule has 2 aromatic rings. The van der Waals surface area contributed by atoms with Crippen LogP contribution in [0.25, 0.3) is 6.08 Å². The number of nitrogens with one attached hydrogen (secondary N) is 2. The second-order valence-electron chi connectivity index (χ2n) is 5.79. The lowest BCUT2D eigenvalue weighted by Crippen LogP contribution is -2.46. The highest BCUT2D eigenvalue weighted by atomic mass is 35.5. The van der Waals surface area contributed by atoms with Crippen molar-refractivity contribution in [2.45, 2.75) is 26.9 Å². The zero-order valence-corrected chi connectivity index (χ0v) is 15.6. The molecule has 2 rings (SSSR count). The van der Waals surface area contributed by atoms with Crippen molar-refractivity contribution in [1.29, 1.82) is 0 Å². The molecule has 26 heavy (non-hydrogen) atoms. The lowest BCUT2D eigenvalue weighted by Gasteiger charge is -2.17. The van der Waals surface area contributed by atoms with Crippen LogP contribution in [-0.4, -0.2) is 17.9 Å². The SMILES string of the molecule is Cc1cccc(OC(C)C(=O)NNC(=O)/C=C/c2ccccc2Cl)c1C. The van der Waals surface area contributed by atoms with Crippen LogP contribution >= 0.6 is 11.6 Å². The number of carbonyl (C=O) groups excluding carboxylic acids is 2. The van der Waals surface area contributed by atoms with Gasteiger partial charge in [0.25, 0.3) is 11.8 Å². The van der Waals surface area contributed by atoms with Crippen LogP contribution in [-0.2, 0) is 9.59 Å². The summed E-state index contributed by atoms with van der Waals surface area (Å²) in [5, 5.41) is 0.538. The summed E-state index contributed by atoms with van der Waals surface area (Å²) >= 11 is 6.01. The maximum absolute atomic E-state index is 12.1. The molecule has 0 aliphatic carbocycles. The van der Waals surface area contributed by atoms with E-state index in [9.17, 15) is 9.59 Å². The van der Waals surface area contributed by atoms with Gasteiger partial charge in [0.2, 0.25) is 0 Å². The molecule has 2 N–H and O–H groups in total. The van der Waals surface area contributed by atoms with E-state index in [2.05, 4.69) is 10.9 Å². The number of hydrazine groups is 1. The van der Waals surface area contributed by atoms with E-state index >= 15 is 0 Å². The smallest absolute Gasteiger partial charge is 0.279 e. The van der Waals surface area contributed by atoms with E-state index in [4.69, 9.17) is 16.3 Å². The van der Waals surface area contributed by atoms with Crippen molar-refractivity contribution in [1.82, 2.24) is 10.9 Å². The van der Waals surface area contributed by atoms with Crippen LogP contribution in [0.4, 0.5) is 0 Å². The van der Waals surface area contributed by atoms with Crippen LogP contribution in [0.5, 0.6) is 5.75 Å². The Morgan fingerprint density at radius 2 is 1.81 bits per heavy atom. The number of carbonyl (C=O) groups is 2. The molecule has 0 aliphatic heterocycles. The predicted molar refractivity (Wildman–Crippen MR) is 103 cm³/mol. The second kappa shape index (κ2) is 9.06. The summed E-state index contributed by atoms with van der Waals surface area (Å²) in [4.78, 5) is 23.9. The largest absolute Gasteiger partial charge is 0.481 e. The van der Waals surface area contributed by atoms with Crippen LogP contribution in [0.3, 0.4) is 0 Å². The number of hydrogen-bond donors (Lipinski definition) is 2. The fourth-order valence-corrected chi connectivity index (χ4v) is 2.34. The molecule has 0 radical (unpaired) electrons. The first-order valence-electron chi connectivity index (χ1n) is 8.14. The topological polar surface area (TPSA) is 67.4 Å². The maximum atomic E-state index is 12.1. The van der Waals surface area contributed by atoms with E-state index in [1.807, 2.05) is 32.0 Å². The summed E-state index contributed by atoms with van der Waals surface area (Å²) in [5.41, 5.74) is 7.41. The lowest BCUT2D eigenvalue weighted by molar-refractivity contribution is -0.131. The van der Waals surface area contributed by atoms with E-state index in [0.29, 0.717) is 16.3 Å². The fourth-order valence-electron chi connectivity index (χ4n) is 2.14. The van der Waals surface area contributed by atoms with Gasteiger partial charge in [-0.3, -0.25) is 20.4 Å². The highest BCUT2D eigenvalue weighted by Gasteiger charge is 2.16. The highest BCUT2D eigenvalue weighted by molar-refractivity contribution is 6.32. The fraction of sp³-hybridized carbons (Fsp3) is 0.200. The van der Waals surface area contributed by atoms with Crippen molar-refractivity contribution in [3.8, 4) is 5.75 Å². The number of aryl methyl sites for hydroxylation is 1. The molecular formula is C20H21ClN2O3. The van der Waals surface area contributed by atoms with Crippen molar-refractivity contribution in [2.24, 2.45) is 0 Å². The van der Waals surface area contributed by atoms with Gasteiger partial charge in [0.05, 0.1) is 0 Å². The summed E-state index contributed by atoms with van der Waals surface area (Å²) in [6, 6.07) is 12.8. The average Bonchev–Trinajstić information content (AvgIpc) is 2.62. The molecule has 0 aromatic heterocycles. The highest BCUT2D eigenvalue weighted by Crippen LogP contribution is 2.21. The standard InChI is InChI=1S/C20H21ClN2O3/c1-13-7-6-10-18(14(13)2)26-15(3)20(25)23-22-19(24)12-11-16-8-4-5-9-17(16)21/h4-12,15H,1-3H3,(H,22,24)(H,23,25)/b12-11+. The van der Waals surface area contributed by atoms with Gasteiger partial charge in [0.15, 0.2) is 6.10 Å². The Morgan fingerprint density at radius 1 is 1.08 bits per heavy atom. The zero-order valence-electron chi connectivity index (χ0n) is 14.9. The first-order valence-corrected chi connectivity index (χ1v) is 8.51. The summed E-state index contributed by atoms with van der Waals surface area (Å²) in [5.74, 6) is -0.291. The molecule has 2 aromatic carbocycles. The number of halogens is 1. The first-order chi connectivity index (χ1) is 12.4. The van der Waals surface area contributed by atoms with Gasteiger partial charge < -0.3 is 4.74 Å². The van der Waals surface area contributed by atoms with Gasteiger partial charge in [-0.1, -0.05) is 41.9 Å². The molecule has 5 nitrogen and oxygen atoms in total. The van der Waals surface area contributed by atoms with Crippen LogP contribution in [0.2, 0.25) is 5.02 Å². The first kappa shape index (κ1) is 19.5. The second-order valence-corrected chi connectivity index (χ2v) is 6.20. The number of hydrogen-bond acceptors (Lipinski definition) is 3. The maximum Gasteiger partial charge on any atom is 0.279 e. The molecule has 0 aliphatic rings. The third-order valence-electron chi connectivity index (χ3n) is 3.86. The molecule has 0 spiro atoms. The van der Waals surface area contributed by atoms with Gasteiger partial charge in [0.1, 0.15) is 5.75 Å². The molecule has 0 fully saturated rings. The molecule has 0 bridgehead atoms. The van der Waals surface area contributed by atoms with Crippen molar-refractivity contribution < 1.29 is 14.3 Å². The Bertz CT molecular complexity index is 834. The Labute approximate surface area is 158 Å². The van der Waals surface area contributed by atoms with Crippen molar-refractivity contribution >= 4 is 29.5 Å². The number of ether oxygens (including phenoxy) is 1. The molecule has 1 atom stereocenters. The normalized spacial score (nSPS) is 11.8. The molecule has 0 saturated heterocycles. The summed E-state index contributed by atoms with van der Waals surface area (Å²) in [7, 11) is 0. The summed E-state index contributed by atoms with van der Waals surface area (Å²) in [6.07, 6.45) is 2.10. The molecule has 6 heteroatoms. The number of amides is 2.